The van der Waals surface area contributed by atoms with Crippen molar-refractivity contribution >= 4 is 0 Å². The molecule has 1 heteroatoms. The standard InChI is InChI=1S/C16H18O/c1-10-9-16(13(4)12(3)11(10)2)14-5-7-15(17)8-6-14/h5-9,17H,1-4H3. The van der Waals surface area contributed by atoms with Crippen molar-refractivity contribution in [2.45, 2.75) is 27.7 Å². The van der Waals surface area contributed by atoms with Gasteiger partial charge in [0.2, 0.25) is 0 Å². The Morgan fingerprint density at radius 1 is 0.765 bits per heavy atom. The largest absolute Gasteiger partial charge is 0.508 e. The maximum Gasteiger partial charge on any atom is 0.115 e. The van der Waals surface area contributed by atoms with Crippen molar-refractivity contribution in [3.8, 4) is 16.9 Å². The van der Waals surface area contributed by atoms with E-state index >= 15 is 0 Å². The van der Waals surface area contributed by atoms with Gasteiger partial charge in [0.05, 0.1) is 0 Å². The lowest BCUT2D eigenvalue weighted by atomic mass is 9.91. The summed E-state index contributed by atoms with van der Waals surface area (Å²) in [6.07, 6.45) is 0. The molecule has 0 aliphatic rings. The van der Waals surface area contributed by atoms with Gasteiger partial charge in [-0.3, -0.25) is 0 Å². The maximum atomic E-state index is 9.33. The van der Waals surface area contributed by atoms with Crippen molar-refractivity contribution in [1.82, 2.24) is 0 Å². The first-order valence-electron chi connectivity index (χ1n) is 5.87. The molecule has 0 aromatic heterocycles. The predicted octanol–water partition coefficient (Wildman–Crippen LogP) is 4.29. The van der Waals surface area contributed by atoms with Crippen molar-refractivity contribution < 1.29 is 5.11 Å². The lowest BCUT2D eigenvalue weighted by molar-refractivity contribution is 0.475. The van der Waals surface area contributed by atoms with Crippen LogP contribution < -0.4 is 0 Å². The second-order valence-electron chi connectivity index (χ2n) is 4.66. The Labute approximate surface area is 103 Å². The van der Waals surface area contributed by atoms with Crippen LogP contribution in [0.5, 0.6) is 5.75 Å². The summed E-state index contributed by atoms with van der Waals surface area (Å²) in [6.45, 7) is 8.63. The third-order valence-electron chi connectivity index (χ3n) is 3.66. The molecule has 0 heterocycles. The van der Waals surface area contributed by atoms with Crippen LogP contribution in [0.4, 0.5) is 0 Å². The van der Waals surface area contributed by atoms with Gasteiger partial charge < -0.3 is 5.11 Å². The summed E-state index contributed by atoms with van der Waals surface area (Å²) < 4.78 is 0. The first kappa shape index (κ1) is 11.7. The highest BCUT2D eigenvalue weighted by atomic mass is 16.3. The average molecular weight is 226 g/mol. The molecule has 2 rings (SSSR count). The van der Waals surface area contributed by atoms with Crippen LogP contribution in [-0.2, 0) is 0 Å². The zero-order valence-electron chi connectivity index (χ0n) is 10.8. The summed E-state index contributed by atoms with van der Waals surface area (Å²) in [5, 5.41) is 9.33. The molecule has 0 bridgehead atoms. The van der Waals surface area contributed by atoms with Gasteiger partial charge >= 0.3 is 0 Å². The van der Waals surface area contributed by atoms with E-state index in [4.69, 9.17) is 0 Å². The monoisotopic (exact) mass is 226 g/mol. The molecule has 0 fully saturated rings. The van der Waals surface area contributed by atoms with Crippen molar-refractivity contribution in [2.24, 2.45) is 0 Å². The maximum absolute atomic E-state index is 9.33. The van der Waals surface area contributed by atoms with Gasteiger partial charge in [-0.2, -0.15) is 0 Å². The summed E-state index contributed by atoms with van der Waals surface area (Å²) in [6, 6.07) is 9.63. The molecular weight excluding hydrogens is 208 g/mol. The average Bonchev–Trinajstić information content (AvgIpc) is 2.32. The van der Waals surface area contributed by atoms with Gasteiger partial charge in [0.1, 0.15) is 5.75 Å². The van der Waals surface area contributed by atoms with Gasteiger partial charge in [0, 0.05) is 0 Å². The van der Waals surface area contributed by atoms with Crippen molar-refractivity contribution in [3.05, 3.63) is 52.6 Å². The van der Waals surface area contributed by atoms with Gasteiger partial charge in [-0.15, -0.1) is 0 Å². The van der Waals surface area contributed by atoms with E-state index in [-0.39, 0.29) is 0 Å². The van der Waals surface area contributed by atoms with E-state index < -0.39 is 0 Å². The van der Waals surface area contributed by atoms with Crippen LogP contribution in [0.15, 0.2) is 30.3 Å². The van der Waals surface area contributed by atoms with E-state index in [0.717, 1.165) is 5.56 Å². The van der Waals surface area contributed by atoms with Crippen LogP contribution in [0.3, 0.4) is 0 Å². The van der Waals surface area contributed by atoms with Crippen molar-refractivity contribution in [2.75, 3.05) is 0 Å². The van der Waals surface area contributed by atoms with E-state index in [1.165, 1.54) is 27.8 Å². The second kappa shape index (κ2) is 4.25. The van der Waals surface area contributed by atoms with Crippen LogP contribution in [0.25, 0.3) is 11.1 Å². The minimum absolute atomic E-state index is 0.312. The molecule has 0 aliphatic carbocycles. The molecule has 88 valence electrons. The first-order valence-corrected chi connectivity index (χ1v) is 5.87. The third-order valence-corrected chi connectivity index (χ3v) is 3.66. The summed E-state index contributed by atoms with van der Waals surface area (Å²) in [7, 11) is 0. The molecule has 1 N–H and O–H groups in total. The fourth-order valence-electron chi connectivity index (χ4n) is 2.15. The molecule has 1 nitrogen and oxygen atoms in total. The SMILES string of the molecule is Cc1cc(-c2ccc(O)cc2)c(C)c(C)c1C. The molecular formula is C16H18O. The Bertz CT molecular complexity index is 551. The fourth-order valence-corrected chi connectivity index (χ4v) is 2.15. The molecule has 17 heavy (non-hydrogen) atoms. The minimum Gasteiger partial charge on any atom is -0.508 e. The van der Waals surface area contributed by atoms with Gasteiger partial charge in [-0.1, -0.05) is 18.2 Å². The molecule has 0 unspecified atom stereocenters. The highest BCUT2D eigenvalue weighted by Gasteiger charge is 2.08. The first-order chi connectivity index (χ1) is 8.00. The minimum atomic E-state index is 0.312. The Hall–Kier alpha value is -1.76. The van der Waals surface area contributed by atoms with E-state index in [2.05, 4.69) is 33.8 Å². The molecule has 0 saturated heterocycles. The highest BCUT2D eigenvalue weighted by molar-refractivity contribution is 5.71. The summed E-state index contributed by atoms with van der Waals surface area (Å²) in [4.78, 5) is 0. The Balaban J connectivity index is 2.64. The van der Waals surface area contributed by atoms with E-state index in [0.29, 0.717) is 5.75 Å². The van der Waals surface area contributed by atoms with E-state index in [1.54, 1.807) is 12.1 Å². The lowest BCUT2D eigenvalue weighted by Crippen LogP contribution is -1.94. The molecule has 2 aromatic rings. The Morgan fingerprint density at radius 3 is 1.94 bits per heavy atom. The Morgan fingerprint density at radius 2 is 1.35 bits per heavy atom. The molecule has 0 aliphatic heterocycles. The number of hydrogen-bond donors (Lipinski definition) is 1. The highest BCUT2D eigenvalue weighted by Crippen LogP contribution is 2.30. The predicted molar refractivity (Wildman–Crippen MR) is 72.5 cm³/mol. The topological polar surface area (TPSA) is 20.2 Å². The van der Waals surface area contributed by atoms with Crippen LogP contribution in [0.2, 0.25) is 0 Å². The molecule has 2 aromatic carbocycles. The number of rotatable bonds is 1. The number of phenolic OH excluding ortho intramolecular Hbond substituents is 1. The second-order valence-corrected chi connectivity index (χ2v) is 4.66. The van der Waals surface area contributed by atoms with Crippen LogP contribution >= 0.6 is 0 Å². The van der Waals surface area contributed by atoms with Crippen LogP contribution in [0.1, 0.15) is 22.3 Å². The zero-order chi connectivity index (χ0) is 12.6. The summed E-state index contributed by atoms with van der Waals surface area (Å²) in [5.41, 5.74) is 7.77. The summed E-state index contributed by atoms with van der Waals surface area (Å²) in [5.74, 6) is 0.312. The van der Waals surface area contributed by atoms with Crippen molar-refractivity contribution in [1.29, 1.82) is 0 Å². The molecule has 0 radical (unpaired) electrons. The van der Waals surface area contributed by atoms with Gasteiger partial charge in [0.15, 0.2) is 0 Å². The number of aromatic hydroxyl groups is 1. The van der Waals surface area contributed by atoms with E-state index in [9.17, 15) is 5.11 Å². The molecule has 0 atom stereocenters. The van der Waals surface area contributed by atoms with Crippen LogP contribution in [0, 0.1) is 27.7 Å². The number of hydrogen-bond acceptors (Lipinski definition) is 1. The number of aryl methyl sites for hydroxylation is 1. The molecule has 0 saturated carbocycles. The van der Waals surface area contributed by atoms with Gasteiger partial charge in [-0.05, 0) is 73.2 Å². The number of benzene rings is 2. The molecule has 0 amide bonds. The summed E-state index contributed by atoms with van der Waals surface area (Å²) >= 11 is 0. The quantitative estimate of drug-likeness (QED) is 0.769. The van der Waals surface area contributed by atoms with E-state index in [1.807, 2.05) is 12.1 Å². The smallest absolute Gasteiger partial charge is 0.115 e. The number of phenols is 1. The fraction of sp³-hybridized carbons (Fsp3) is 0.250. The van der Waals surface area contributed by atoms with Crippen molar-refractivity contribution in [3.63, 3.8) is 0 Å². The van der Waals surface area contributed by atoms with Gasteiger partial charge in [0.25, 0.3) is 0 Å². The third kappa shape index (κ3) is 2.05. The van der Waals surface area contributed by atoms with Gasteiger partial charge in [-0.25, -0.2) is 0 Å². The normalized spacial score (nSPS) is 10.6. The zero-order valence-corrected chi connectivity index (χ0v) is 10.8. The van der Waals surface area contributed by atoms with Crippen LogP contribution in [-0.4, -0.2) is 5.11 Å². The molecule has 0 spiro atoms. The Kier molecular flexibility index (Phi) is 2.93. The lowest BCUT2D eigenvalue weighted by Gasteiger charge is -2.14.